The molecule has 0 fully saturated rings. The van der Waals surface area contributed by atoms with Gasteiger partial charge in [-0.15, -0.1) is 9.36 Å². The topological polar surface area (TPSA) is 76.4 Å². The highest BCUT2D eigenvalue weighted by atomic mass is 35.5. The van der Waals surface area contributed by atoms with Crippen molar-refractivity contribution in [3.8, 4) is 5.95 Å². The number of nitrogen functional groups attached to an aromatic ring is 1. The molecule has 6 nitrogen and oxygen atoms in total. The molecule has 0 unspecified atom stereocenters. The van der Waals surface area contributed by atoms with Gasteiger partial charge in [0.05, 0.1) is 5.10 Å². The third kappa shape index (κ3) is 2.26. The minimum atomic E-state index is -4.63. The lowest BCUT2D eigenvalue weighted by atomic mass is 10.4. The average Bonchev–Trinajstić information content (AvgIpc) is 2.68. The van der Waals surface area contributed by atoms with Crippen molar-refractivity contribution in [2.24, 2.45) is 0 Å². The number of halogens is 4. The first kappa shape index (κ1) is 14.3. The van der Waals surface area contributed by atoms with Gasteiger partial charge in [-0.05, 0) is 25.0 Å². The van der Waals surface area contributed by atoms with Crippen LogP contribution in [0.25, 0.3) is 5.95 Å². The molecule has 0 aliphatic carbocycles. The highest BCUT2D eigenvalue weighted by Gasteiger charge is 2.43. The van der Waals surface area contributed by atoms with Crippen molar-refractivity contribution in [3.05, 3.63) is 23.3 Å². The second-order valence-electron chi connectivity index (χ2n) is 3.61. The predicted molar refractivity (Wildman–Crippen MR) is 50.5 cm³/mol. The summed E-state index contributed by atoms with van der Waals surface area (Å²) in [7, 11) is 0. The number of nitrogens with two attached hydrogens (primary N) is 1. The summed E-state index contributed by atoms with van der Waals surface area (Å²) in [5.74, 6) is 3.96. The number of aromatic amines is 1. The summed E-state index contributed by atoms with van der Waals surface area (Å²) in [6, 6.07) is 1.75. The van der Waals surface area contributed by atoms with Gasteiger partial charge in [-0.25, -0.2) is 5.10 Å². The number of aryl methyl sites for hydroxylation is 2. The summed E-state index contributed by atoms with van der Waals surface area (Å²) < 4.78 is 39.1. The van der Waals surface area contributed by atoms with Gasteiger partial charge in [-0.1, -0.05) is 0 Å². The molecule has 0 bridgehead atoms. The van der Waals surface area contributed by atoms with Crippen molar-refractivity contribution in [2.45, 2.75) is 20.0 Å². The van der Waals surface area contributed by atoms with Gasteiger partial charge in [-0.3, -0.25) is 5.84 Å². The summed E-state index contributed by atoms with van der Waals surface area (Å²) in [4.78, 5) is 0. The maximum atomic E-state index is 12.5. The van der Waals surface area contributed by atoms with E-state index in [0.29, 0.717) is 10.4 Å². The van der Waals surface area contributed by atoms with Gasteiger partial charge in [0.15, 0.2) is 0 Å². The third-order valence-corrected chi connectivity index (χ3v) is 2.20. The molecule has 0 aromatic carbocycles. The van der Waals surface area contributed by atoms with E-state index in [1.165, 1.54) is 4.68 Å². The lowest BCUT2D eigenvalue weighted by Crippen LogP contribution is -3.00. The lowest BCUT2D eigenvalue weighted by Gasteiger charge is -2.00. The van der Waals surface area contributed by atoms with Crippen LogP contribution in [-0.2, 0) is 6.18 Å². The van der Waals surface area contributed by atoms with Crippen molar-refractivity contribution >= 4 is 0 Å². The van der Waals surface area contributed by atoms with Gasteiger partial charge in [-0.2, -0.15) is 13.2 Å². The molecular formula is C8H10ClF3N6. The zero-order valence-corrected chi connectivity index (χ0v) is 10.2. The van der Waals surface area contributed by atoms with E-state index in [2.05, 4.69) is 15.3 Å². The molecule has 0 radical (unpaired) electrons. The van der Waals surface area contributed by atoms with Crippen LogP contribution >= 0.6 is 0 Å². The van der Waals surface area contributed by atoms with E-state index in [1.54, 1.807) is 19.9 Å². The second kappa shape index (κ2) is 4.48. The molecule has 100 valence electrons. The normalized spacial score (nSPS) is 11.4. The van der Waals surface area contributed by atoms with Crippen LogP contribution in [0.2, 0.25) is 0 Å². The van der Waals surface area contributed by atoms with Crippen LogP contribution < -0.4 is 22.9 Å². The molecule has 10 heteroatoms. The summed E-state index contributed by atoms with van der Waals surface area (Å²) in [5.41, 5.74) is 1.45. The van der Waals surface area contributed by atoms with Gasteiger partial charge in [0.2, 0.25) is 0 Å². The second-order valence-corrected chi connectivity index (χ2v) is 3.61. The molecule has 0 aliphatic heterocycles. The first-order valence-corrected chi connectivity index (χ1v) is 4.67. The fraction of sp³-hybridized carbons (Fsp3) is 0.375. The molecule has 2 aromatic heterocycles. The Morgan fingerprint density at radius 3 is 2.33 bits per heavy atom. The molecule has 2 heterocycles. The van der Waals surface area contributed by atoms with Gasteiger partial charge < -0.3 is 12.4 Å². The van der Waals surface area contributed by atoms with E-state index in [-0.39, 0.29) is 18.4 Å². The molecule has 0 saturated carbocycles. The molecule has 2 rings (SSSR count). The van der Waals surface area contributed by atoms with Crippen LogP contribution in [0, 0.1) is 13.8 Å². The van der Waals surface area contributed by atoms with E-state index in [4.69, 9.17) is 5.84 Å². The standard InChI is InChI=1S/C8H9F3N6.ClH/c1-4-3-5(2)17(15-4)7-14-13-6(16(7)12)8(9,10)11;/h3H,12H2,1-2H3;1H. The zero-order valence-electron chi connectivity index (χ0n) is 9.46. The van der Waals surface area contributed by atoms with E-state index in [0.717, 1.165) is 5.69 Å². The molecule has 0 atom stereocenters. The Labute approximate surface area is 106 Å². The maximum Gasteiger partial charge on any atom is 0.470 e. The number of hydrogen-bond donors (Lipinski definition) is 2. The summed E-state index contributed by atoms with van der Waals surface area (Å²) in [5, 5.41) is 9.27. The van der Waals surface area contributed by atoms with Crippen LogP contribution in [0.3, 0.4) is 0 Å². The summed E-state index contributed by atoms with van der Waals surface area (Å²) in [6.45, 7) is 3.48. The van der Waals surface area contributed by atoms with E-state index in [9.17, 15) is 13.2 Å². The predicted octanol–water partition coefficient (Wildman–Crippen LogP) is -2.76. The number of nitrogens with zero attached hydrogens (tertiary/aromatic N) is 4. The van der Waals surface area contributed by atoms with Gasteiger partial charge in [0.1, 0.15) is 5.69 Å². The summed E-state index contributed by atoms with van der Waals surface area (Å²) >= 11 is 0. The number of aromatic nitrogens is 5. The highest BCUT2D eigenvalue weighted by Crippen LogP contribution is 2.26. The third-order valence-electron chi connectivity index (χ3n) is 2.20. The smallest absolute Gasteiger partial charge is 0.470 e. The van der Waals surface area contributed by atoms with Crippen molar-refractivity contribution in [1.29, 1.82) is 0 Å². The number of nitrogens with one attached hydrogen (secondary N) is 1. The van der Waals surface area contributed by atoms with Crippen LogP contribution in [0.4, 0.5) is 13.2 Å². The number of hydrogen-bond acceptors (Lipinski definition) is 3. The van der Waals surface area contributed by atoms with Gasteiger partial charge in [0.25, 0.3) is 0 Å². The molecule has 0 amide bonds. The first-order valence-electron chi connectivity index (χ1n) is 4.67. The number of rotatable bonds is 1. The molecule has 0 saturated heterocycles. The minimum Gasteiger partial charge on any atom is -1.00 e. The van der Waals surface area contributed by atoms with Crippen LogP contribution in [-0.4, -0.2) is 20.0 Å². The van der Waals surface area contributed by atoms with Crippen molar-refractivity contribution < 1.29 is 30.3 Å². The number of alkyl halides is 3. The average molecular weight is 283 g/mol. The Morgan fingerprint density at radius 2 is 1.94 bits per heavy atom. The Kier molecular flexibility index (Phi) is 3.56. The molecular weight excluding hydrogens is 273 g/mol. The Bertz CT molecular complexity index is 558. The van der Waals surface area contributed by atoms with Gasteiger partial charge >= 0.3 is 17.9 Å². The largest absolute Gasteiger partial charge is 1.00 e. The van der Waals surface area contributed by atoms with Crippen molar-refractivity contribution in [2.75, 3.05) is 5.84 Å². The molecule has 18 heavy (non-hydrogen) atoms. The van der Waals surface area contributed by atoms with Gasteiger partial charge in [0, 0.05) is 5.69 Å². The molecule has 2 aromatic rings. The van der Waals surface area contributed by atoms with E-state index in [1.807, 2.05) is 0 Å². The fourth-order valence-corrected chi connectivity index (χ4v) is 1.51. The minimum absolute atomic E-state index is 0. The van der Waals surface area contributed by atoms with Crippen LogP contribution in [0.15, 0.2) is 6.07 Å². The van der Waals surface area contributed by atoms with E-state index >= 15 is 0 Å². The van der Waals surface area contributed by atoms with Crippen molar-refractivity contribution in [1.82, 2.24) is 20.0 Å². The molecule has 0 spiro atoms. The monoisotopic (exact) mass is 282 g/mol. The summed E-state index contributed by atoms with van der Waals surface area (Å²) in [6.07, 6.45) is -4.63. The quantitative estimate of drug-likeness (QED) is 0.439. The Hall–Kier alpha value is -1.77. The number of H-pyrrole nitrogens is 1. The molecule has 0 aliphatic rings. The first-order chi connectivity index (χ1) is 7.80. The lowest BCUT2D eigenvalue weighted by molar-refractivity contribution is -0.670. The van der Waals surface area contributed by atoms with Crippen LogP contribution in [0.5, 0.6) is 0 Å². The Morgan fingerprint density at radius 1 is 1.33 bits per heavy atom. The molecule has 3 N–H and O–H groups in total. The SMILES string of the molecule is Cc1cc(C)[n+](-c2nnc(C(F)(F)F)n2N)[nH]1.[Cl-]. The van der Waals surface area contributed by atoms with Crippen molar-refractivity contribution in [3.63, 3.8) is 0 Å². The van der Waals surface area contributed by atoms with E-state index < -0.39 is 12.0 Å². The zero-order chi connectivity index (χ0) is 12.8. The van der Waals surface area contributed by atoms with Crippen LogP contribution in [0.1, 0.15) is 17.2 Å². The Balaban J connectivity index is 0.00000162. The maximum absolute atomic E-state index is 12.5. The fourth-order valence-electron chi connectivity index (χ4n) is 1.51. The highest BCUT2D eigenvalue weighted by molar-refractivity contribution is 5.07.